The lowest BCUT2D eigenvalue weighted by molar-refractivity contribution is -0.124. The zero-order chi connectivity index (χ0) is 13.7. The molecule has 1 aliphatic rings. The maximum Gasteiger partial charge on any atom is 0.319 e. The minimum absolute atomic E-state index is 0.0906. The summed E-state index contributed by atoms with van der Waals surface area (Å²) >= 11 is 5.63. The molecule has 2 rings (SSSR count). The lowest BCUT2D eigenvalue weighted by Crippen LogP contribution is -2.54. The molecule has 8 heteroatoms. The molecule has 19 heavy (non-hydrogen) atoms. The molecule has 2 heterocycles. The molecule has 1 amide bonds. The normalized spacial score (nSPS) is 19.5. The number of amides is 1. The van der Waals surface area contributed by atoms with Crippen molar-refractivity contribution in [2.75, 3.05) is 31.2 Å². The van der Waals surface area contributed by atoms with Gasteiger partial charge in [0.15, 0.2) is 0 Å². The van der Waals surface area contributed by atoms with Crippen LogP contribution in [0, 0.1) is 0 Å². The minimum Gasteiger partial charge on any atom is -0.407 e. The molecule has 1 saturated heterocycles. The summed E-state index contributed by atoms with van der Waals surface area (Å²) in [7, 11) is 0. The lowest BCUT2D eigenvalue weighted by atomic mass is 10.2. The largest absolute Gasteiger partial charge is 0.407 e. The number of morpholine rings is 1. The SMILES string of the molecule is CCCNC(=O)C1COCCN1c1nnc(CCl)o1. The van der Waals surface area contributed by atoms with Crippen molar-refractivity contribution in [3.63, 3.8) is 0 Å². The van der Waals surface area contributed by atoms with E-state index in [-0.39, 0.29) is 11.8 Å². The van der Waals surface area contributed by atoms with Crippen molar-refractivity contribution in [3.8, 4) is 0 Å². The molecule has 0 spiro atoms. The van der Waals surface area contributed by atoms with E-state index < -0.39 is 6.04 Å². The fourth-order valence-electron chi connectivity index (χ4n) is 1.83. The second-order valence-corrected chi connectivity index (χ2v) is 4.45. The maximum absolute atomic E-state index is 12.1. The van der Waals surface area contributed by atoms with Crippen molar-refractivity contribution < 1.29 is 13.9 Å². The molecule has 1 unspecified atom stereocenters. The van der Waals surface area contributed by atoms with E-state index in [0.29, 0.717) is 38.2 Å². The van der Waals surface area contributed by atoms with Crippen LogP contribution < -0.4 is 10.2 Å². The highest BCUT2D eigenvalue weighted by atomic mass is 35.5. The summed E-state index contributed by atoms with van der Waals surface area (Å²) in [6, 6.07) is -0.125. The average molecular weight is 289 g/mol. The molecule has 7 nitrogen and oxygen atoms in total. The first-order valence-electron chi connectivity index (χ1n) is 6.26. The maximum atomic E-state index is 12.1. The van der Waals surface area contributed by atoms with E-state index in [0.717, 1.165) is 6.42 Å². The van der Waals surface area contributed by atoms with E-state index in [2.05, 4.69) is 15.5 Å². The summed E-state index contributed by atoms with van der Waals surface area (Å²) in [5, 5.41) is 10.6. The van der Waals surface area contributed by atoms with E-state index in [9.17, 15) is 4.79 Å². The Balaban J connectivity index is 2.08. The predicted molar refractivity (Wildman–Crippen MR) is 69.1 cm³/mol. The van der Waals surface area contributed by atoms with Crippen LogP contribution in [-0.2, 0) is 15.4 Å². The van der Waals surface area contributed by atoms with Gasteiger partial charge in [-0.25, -0.2) is 0 Å². The third-order valence-corrected chi connectivity index (χ3v) is 3.03. The van der Waals surface area contributed by atoms with E-state index >= 15 is 0 Å². The zero-order valence-electron chi connectivity index (χ0n) is 10.8. The first kappa shape index (κ1) is 14.1. The minimum atomic E-state index is -0.441. The first-order chi connectivity index (χ1) is 9.26. The monoisotopic (exact) mass is 288 g/mol. The van der Waals surface area contributed by atoms with Crippen LogP contribution in [0.2, 0.25) is 0 Å². The third-order valence-electron chi connectivity index (χ3n) is 2.80. The zero-order valence-corrected chi connectivity index (χ0v) is 11.5. The number of hydrogen-bond donors (Lipinski definition) is 1. The molecule has 0 bridgehead atoms. The molecule has 106 valence electrons. The molecule has 1 atom stereocenters. The summed E-state index contributed by atoms with van der Waals surface area (Å²) in [6.45, 7) is 4.01. The van der Waals surface area contributed by atoms with E-state index in [1.807, 2.05) is 6.92 Å². The van der Waals surface area contributed by atoms with Crippen molar-refractivity contribution in [1.82, 2.24) is 15.5 Å². The van der Waals surface area contributed by atoms with Crippen molar-refractivity contribution in [2.24, 2.45) is 0 Å². The number of ether oxygens (including phenoxy) is 1. The number of nitrogens with one attached hydrogen (secondary N) is 1. The van der Waals surface area contributed by atoms with Gasteiger partial charge in [-0.15, -0.1) is 16.7 Å². The average Bonchev–Trinajstić information content (AvgIpc) is 2.93. The van der Waals surface area contributed by atoms with Crippen molar-refractivity contribution in [1.29, 1.82) is 0 Å². The van der Waals surface area contributed by atoms with Crippen LogP contribution in [0.25, 0.3) is 0 Å². The fraction of sp³-hybridized carbons (Fsp3) is 0.727. The lowest BCUT2D eigenvalue weighted by Gasteiger charge is -2.32. The van der Waals surface area contributed by atoms with E-state index in [1.54, 1.807) is 4.90 Å². The number of hydrogen-bond acceptors (Lipinski definition) is 6. The van der Waals surface area contributed by atoms with E-state index in [1.165, 1.54) is 0 Å². The number of rotatable bonds is 5. The molecule has 0 aromatic carbocycles. The number of halogens is 1. The summed E-state index contributed by atoms with van der Waals surface area (Å²) in [4.78, 5) is 13.8. The van der Waals surface area contributed by atoms with Crippen molar-refractivity contribution in [3.05, 3.63) is 5.89 Å². The van der Waals surface area contributed by atoms with Gasteiger partial charge in [-0.2, -0.15) is 0 Å². The van der Waals surface area contributed by atoms with Gasteiger partial charge in [-0.1, -0.05) is 12.0 Å². The highest BCUT2D eigenvalue weighted by Gasteiger charge is 2.32. The first-order valence-corrected chi connectivity index (χ1v) is 6.80. The number of carbonyl (C=O) groups excluding carboxylic acids is 1. The smallest absolute Gasteiger partial charge is 0.319 e. The van der Waals surface area contributed by atoms with Crippen molar-refractivity contribution >= 4 is 23.5 Å². The van der Waals surface area contributed by atoms with Crippen LogP contribution in [0.5, 0.6) is 0 Å². The number of aromatic nitrogens is 2. The Kier molecular flexibility index (Phi) is 4.98. The van der Waals surface area contributed by atoms with Gasteiger partial charge in [0.25, 0.3) is 0 Å². The van der Waals surface area contributed by atoms with E-state index in [4.69, 9.17) is 20.8 Å². The summed E-state index contributed by atoms with van der Waals surface area (Å²) < 4.78 is 10.7. The molecule has 1 aromatic rings. The van der Waals surface area contributed by atoms with Crippen LogP contribution in [0.3, 0.4) is 0 Å². The predicted octanol–water partition coefficient (Wildman–Crippen LogP) is 0.540. The number of alkyl halides is 1. The van der Waals surface area contributed by atoms with Gasteiger partial charge < -0.3 is 19.4 Å². The molecular weight excluding hydrogens is 272 g/mol. The molecule has 1 aliphatic heterocycles. The quantitative estimate of drug-likeness (QED) is 0.797. The number of anilines is 1. The second kappa shape index (κ2) is 6.72. The standard InChI is InChI=1S/C11H17ClN4O3/c1-2-3-13-10(17)8-7-18-5-4-16(8)11-15-14-9(6-12)19-11/h8H,2-7H2,1H3,(H,13,17). The van der Waals surface area contributed by atoms with Crippen LogP contribution in [0.1, 0.15) is 19.2 Å². The Bertz CT molecular complexity index is 426. The number of nitrogens with zero attached hydrogens (tertiary/aromatic N) is 3. The van der Waals surface area contributed by atoms with Gasteiger partial charge in [0.2, 0.25) is 11.8 Å². The van der Waals surface area contributed by atoms with Crippen LogP contribution in [-0.4, -0.2) is 48.4 Å². The summed E-state index contributed by atoms with van der Waals surface area (Å²) in [6.07, 6.45) is 0.885. The van der Waals surface area contributed by atoms with Gasteiger partial charge in [-0.05, 0) is 6.42 Å². The molecule has 0 aliphatic carbocycles. The van der Waals surface area contributed by atoms with Gasteiger partial charge in [-0.3, -0.25) is 4.79 Å². The fourth-order valence-corrected chi connectivity index (χ4v) is 1.94. The van der Waals surface area contributed by atoms with Gasteiger partial charge >= 0.3 is 6.01 Å². The Hall–Kier alpha value is -1.34. The molecule has 0 radical (unpaired) electrons. The molecule has 1 fully saturated rings. The highest BCUT2D eigenvalue weighted by Crippen LogP contribution is 2.19. The molecule has 1 aromatic heterocycles. The topological polar surface area (TPSA) is 80.5 Å². The molecule has 1 N–H and O–H groups in total. The van der Waals surface area contributed by atoms with Crippen molar-refractivity contribution in [2.45, 2.75) is 25.3 Å². The van der Waals surface area contributed by atoms with Gasteiger partial charge in [0.05, 0.1) is 13.2 Å². The summed E-state index contributed by atoms with van der Waals surface area (Å²) in [5.41, 5.74) is 0. The Labute approximate surface area is 116 Å². The van der Waals surface area contributed by atoms with Crippen LogP contribution >= 0.6 is 11.6 Å². The molecule has 0 saturated carbocycles. The number of carbonyl (C=O) groups is 1. The molecular formula is C11H17ClN4O3. The Morgan fingerprint density at radius 1 is 1.58 bits per heavy atom. The third kappa shape index (κ3) is 3.36. The Morgan fingerprint density at radius 3 is 3.11 bits per heavy atom. The second-order valence-electron chi connectivity index (χ2n) is 4.19. The van der Waals surface area contributed by atoms with Gasteiger partial charge in [0.1, 0.15) is 11.9 Å². The van der Waals surface area contributed by atoms with Crippen LogP contribution in [0.4, 0.5) is 6.01 Å². The van der Waals surface area contributed by atoms with Gasteiger partial charge in [0, 0.05) is 13.1 Å². The Morgan fingerprint density at radius 2 is 2.42 bits per heavy atom. The highest BCUT2D eigenvalue weighted by molar-refractivity contribution is 6.16. The van der Waals surface area contributed by atoms with Crippen LogP contribution in [0.15, 0.2) is 4.42 Å². The summed E-state index contributed by atoms with van der Waals surface area (Å²) in [5.74, 6) is 0.410.